The smallest absolute Gasteiger partial charge is 0.303 e. The van der Waals surface area contributed by atoms with Crippen LogP contribution in [0.1, 0.15) is 139 Å². The van der Waals surface area contributed by atoms with Crippen LogP contribution < -0.4 is 0 Å². The van der Waals surface area contributed by atoms with Crippen molar-refractivity contribution >= 4 is 35.8 Å². The van der Waals surface area contributed by atoms with Gasteiger partial charge in [0.1, 0.15) is 34.5 Å². The third kappa shape index (κ3) is 14.7. The first kappa shape index (κ1) is 56.7. The van der Waals surface area contributed by atoms with Gasteiger partial charge in [-0.3, -0.25) is 28.8 Å². The number of carboxylic acids is 6. The summed E-state index contributed by atoms with van der Waals surface area (Å²) >= 11 is 0. The number of aliphatic carboxylic acids is 6. The Morgan fingerprint density at radius 3 is 0.423 bits per heavy atom. The Bertz CT molecular complexity index is 2640. The summed E-state index contributed by atoms with van der Waals surface area (Å²) in [6.07, 6.45) is -3.14. The van der Waals surface area contributed by atoms with Crippen LogP contribution in [0.25, 0.3) is 0 Å². The number of hydrogen-bond acceptors (Lipinski definition) is 12. The summed E-state index contributed by atoms with van der Waals surface area (Å²) in [7, 11) is 0. The van der Waals surface area contributed by atoms with Crippen LogP contribution in [-0.4, -0.2) is 97.1 Å². The van der Waals surface area contributed by atoms with Crippen LogP contribution in [0.2, 0.25) is 0 Å². The molecule has 18 nitrogen and oxygen atoms in total. The lowest BCUT2D eigenvalue weighted by molar-refractivity contribution is -0.138. The standard InChI is InChI=1S/C60H60O18/c61-49(62)7-1-31-13-37-25-39-15-32(2-8-50(63)64)17-41(56(39)74)27-43-19-34(4-10-52(67)68)21-45(58(43)76)29-47-23-36(6-12-54(71)72)24-48(60(47)78)30-46-22-35(5-11-53(69)70)20-44(59(46)77)28-42-18-33(3-9-51(65)66)16-40(57(42)75)26-38(14-31)55(37)73/h13-24,73-78H,1-12,25-30H2,(H,61,62)(H,63,64)(H,65,66)(H,67,68)(H,69,70)(H,71,72). The fourth-order valence-corrected chi connectivity index (χ4v) is 10.2. The van der Waals surface area contributed by atoms with E-state index in [9.17, 15) is 90.0 Å². The van der Waals surface area contributed by atoms with Crippen molar-refractivity contribution in [1.82, 2.24) is 0 Å². The first-order valence-electron chi connectivity index (χ1n) is 25.3. The highest BCUT2D eigenvalue weighted by Crippen LogP contribution is 2.41. The van der Waals surface area contributed by atoms with E-state index < -0.39 is 35.8 Å². The number of phenols is 6. The van der Waals surface area contributed by atoms with Gasteiger partial charge in [0.2, 0.25) is 0 Å². The molecule has 0 radical (unpaired) electrons. The highest BCUT2D eigenvalue weighted by atomic mass is 16.4. The third-order valence-corrected chi connectivity index (χ3v) is 14.0. The number of rotatable bonds is 18. The Labute approximate surface area is 447 Å². The highest BCUT2D eigenvalue weighted by Gasteiger charge is 2.24. The largest absolute Gasteiger partial charge is 0.507 e. The molecule has 0 saturated heterocycles. The molecule has 408 valence electrons. The molecule has 78 heavy (non-hydrogen) atoms. The summed E-state index contributed by atoms with van der Waals surface area (Å²) in [6, 6.07) is 18.9. The maximum absolute atomic E-state index is 12.2. The third-order valence-electron chi connectivity index (χ3n) is 14.0. The number of hydrogen-bond donors (Lipinski definition) is 12. The number of aromatic hydroxyl groups is 6. The molecule has 0 heterocycles. The van der Waals surface area contributed by atoms with Gasteiger partial charge in [-0.1, -0.05) is 72.8 Å². The van der Waals surface area contributed by atoms with Gasteiger partial charge in [-0.15, -0.1) is 0 Å². The molecule has 0 unspecified atom stereocenters. The van der Waals surface area contributed by atoms with Gasteiger partial charge in [-0.2, -0.15) is 0 Å². The fourth-order valence-electron chi connectivity index (χ4n) is 10.2. The second kappa shape index (κ2) is 24.7. The minimum Gasteiger partial charge on any atom is -0.507 e. The monoisotopic (exact) mass is 1070 g/mol. The molecule has 6 aromatic carbocycles. The summed E-state index contributed by atoms with van der Waals surface area (Å²) in [4.78, 5) is 71.2. The van der Waals surface area contributed by atoms with Crippen molar-refractivity contribution in [3.63, 3.8) is 0 Å². The molecule has 12 N–H and O–H groups in total. The molecule has 0 saturated carbocycles. The van der Waals surface area contributed by atoms with E-state index in [0.717, 1.165) is 0 Å². The van der Waals surface area contributed by atoms with Crippen LogP contribution in [0.15, 0.2) is 72.8 Å². The molecule has 0 aliphatic heterocycles. The zero-order chi connectivity index (χ0) is 56.5. The first-order valence-corrected chi connectivity index (χ1v) is 25.3. The summed E-state index contributed by atoms with van der Waals surface area (Å²) < 4.78 is 0. The minimum atomic E-state index is -1.11. The maximum Gasteiger partial charge on any atom is 0.303 e. The van der Waals surface area contributed by atoms with E-state index in [0.29, 0.717) is 33.4 Å². The molecule has 12 bridgehead atoms. The zero-order valence-electron chi connectivity index (χ0n) is 42.5. The van der Waals surface area contributed by atoms with Gasteiger partial charge >= 0.3 is 35.8 Å². The van der Waals surface area contributed by atoms with Crippen LogP contribution >= 0.6 is 0 Å². The second-order valence-corrected chi connectivity index (χ2v) is 20.0. The van der Waals surface area contributed by atoms with E-state index in [2.05, 4.69) is 0 Å². The molecule has 0 fully saturated rings. The molecule has 18 heteroatoms. The van der Waals surface area contributed by atoms with Crippen molar-refractivity contribution in [3.8, 4) is 34.5 Å². The highest BCUT2D eigenvalue weighted by molar-refractivity contribution is 5.70. The van der Waals surface area contributed by atoms with E-state index >= 15 is 0 Å². The van der Waals surface area contributed by atoms with E-state index in [1.807, 2.05) is 0 Å². The van der Waals surface area contributed by atoms with E-state index in [4.69, 9.17) is 0 Å². The van der Waals surface area contributed by atoms with Crippen molar-refractivity contribution < 1.29 is 90.0 Å². The van der Waals surface area contributed by atoms with Crippen molar-refractivity contribution in [2.24, 2.45) is 0 Å². The Kier molecular flexibility index (Phi) is 18.0. The minimum absolute atomic E-state index is 0.00788. The maximum atomic E-state index is 12.2. The van der Waals surface area contributed by atoms with Crippen molar-refractivity contribution in [2.75, 3.05) is 0 Å². The Hall–Kier alpha value is -9.06. The van der Waals surface area contributed by atoms with Crippen LogP contribution in [0, 0.1) is 0 Å². The molecular weight excluding hydrogens is 1010 g/mol. The summed E-state index contributed by atoms with van der Waals surface area (Å²) in [5.74, 6) is -8.43. The second-order valence-electron chi connectivity index (χ2n) is 20.0. The SMILES string of the molecule is O=C(O)CCc1cc2c(O)c(c1)Cc1cc(CCC(=O)O)cc(c1O)Cc1cc(CCC(=O)O)cc(c1O)Cc1cc(CCC(=O)O)cc(c1O)Cc1cc(CCC(=O)O)cc(c1O)Cc1cc(CCC(=O)O)cc(c1O)C2. The van der Waals surface area contributed by atoms with Gasteiger partial charge in [0, 0.05) is 77.0 Å². The molecule has 1 aliphatic rings. The number of fused-ring (bicyclic) bond motifs is 12. The molecule has 1 aliphatic carbocycles. The zero-order valence-corrected chi connectivity index (χ0v) is 42.5. The Morgan fingerprint density at radius 2 is 0.333 bits per heavy atom. The Balaban J connectivity index is 1.52. The molecule has 0 aromatic heterocycles. The number of aryl methyl sites for hydroxylation is 6. The summed E-state index contributed by atoms with van der Waals surface area (Å²) in [5.41, 5.74) is 5.28. The van der Waals surface area contributed by atoms with E-state index in [1.54, 1.807) is 72.8 Å². The van der Waals surface area contributed by atoms with Gasteiger partial charge in [0.25, 0.3) is 0 Å². The number of phenolic OH excluding ortho intramolecular Hbond substituents is 6. The van der Waals surface area contributed by atoms with Gasteiger partial charge in [-0.05, 0) is 139 Å². The lowest BCUT2D eigenvalue weighted by Gasteiger charge is -2.20. The van der Waals surface area contributed by atoms with Crippen molar-refractivity contribution in [3.05, 3.63) is 173 Å². The summed E-state index contributed by atoms with van der Waals surface area (Å²) in [6.45, 7) is 0. The quantitative estimate of drug-likeness (QED) is 0.0388. The predicted octanol–water partition coefficient (Wildman–Crippen LogP) is 7.88. The molecule has 6 aromatic rings. The van der Waals surface area contributed by atoms with Gasteiger partial charge in [0.15, 0.2) is 0 Å². The van der Waals surface area contributed by atoms with Crippen LogP contribution in [0.4, 0.5) is 0 Å². The van der Waals surface area contributed by atoms with Crippen LogP contribution in [0.5, 0.6) is 34.5 Å². The van der Waals surface area contributed by atoms with Gasteiger partial charge in [-0.25, -0.2) is 0 Å². The van der Waals surface area contributed by atoms with Crippen LogP contribution in [0.3, 0.4) is 0 Å². The van der Waals surface area contributed by atoms with Crippen molar-refractivity contribution in [1.29, 1.82) is 0 Å². The number of benzene rings is 6. The number of carbonyl (C=O) groups is 6. The first-order chi connectivity index (χ1) is 37.0. The average Bonchev–Trinajstić information content (AvgIpc) is 3.44. The van der Waals surface area contributed by atoms with E-state index in [-0.39, 0.29) is 217 Å². The lowest BCUT2D eigenvalue weighted by Crippen LogP contribution is -2.06. The lowest BCUT2D eigenvalue weighted by atomic mass is 9.87. The summed E-state index contributed by atoms with van der Waals surface area (Å²) in [5, 5.41) is 131. The normalized spacial score (nSPS) is 12.3. The van der Waals surface area contributed by atoms with Gasteiger partial charge in [0.05, 0.1) is 0 Å². The molecule has 0 atom stereocenters. The van der Waals surface area contributed by atoms with Gasteiger partial charge < -0.3 is 61.3 Å². The fraction of sp³-hybridized carbons (Fsp3) is 0.300. The molecule has 7 rings (SSSR count). The predicted molar refractivity (Wildman–Crippen MR) is 281 cm³/mol. The molecular formula is C60H60O18. The average molecular weight is 1070 g/mol. The topological polar surface area (TPSA) is 345 Å². The van der Waals surface area contributed by atoms with Crippen molar-refractivity contribution in [2.45, 2.75) is 116 Å². The number of carboxylic acid groups (broad SMARTS) is 6. The molecule has 0 spiro atoms. The Morgan fingerprint density at radius 1 is 0.231 bits per heavy atom. The van der Waals surface area contributed by atoms with Crippen LogP contribution in [-0.2, 0) is 106 Å². The molecule has 0 amide bonds. The van der Waals surface area contributed by atoms with E-state index in [1.165, 1.54) is 0 Å².